The molecule has 7 heteroatoms. The van der Waals surface area contributed by atoms with E-state index in [1.807, 2.05) is 31.2 Å². The summed E-state index contributed by atoms with van der Waals surface area (Å²) in [5, 5.41) is 0.379. The molecule has 0 radical (unpaired) electrons. The molecule has 1 fully saturated rings. The molecule has 0 spiro atoms. The third-order valence-corrected chi connectivity index (χ3v) is 5.29. The number of thioether (sulfide) groups is 1. The molecule has 1 aliphatic rings. The fourth-order valence-electron chi connectivity index (χ4n) is 2.64. The van der Waals surface area contributed by atoms with Crippen LogP contribution >= 0.6 is 35.0 Å². The number of rotatable bonds is 4. The van der Waals surface area contributed by atoms with Crippen molar-refractivity contribution in [3.8, 4) is 5.75 Å². The van der Waals surface area contributed by atoms with E-state index >= 15 is 0 Å². The van der Waals surface area contributed by atoms with Crippen molar-refractivity contribution in [1.29, 1.82) is 0 Å². The number of carbonyl (C=O) groups excluding carboxylic acids is 2. The molecule has 0 aliphatic carbocycles. The molecule has 1 aliphatic heterocycles. The number of hydrogen-bond donors (Lipinski definition) is 0. The van der Waals surface area contributed by atoms with Gasteiger partial charge in [-0.15, -0.1) is 0 Å². The second kappa shape index (κ2) is 7.74. The van der Waals surface area contributed by atoms with Crippen LogP contribution in [0.4, 0.5) is 4.79 Å². The van der Waals surface area contributed by atoms with E-state index in [1.165, 1.54) is 12.0 Å². The first-order chi connectivity index (χ1) is 12.4. The lowest BCUT2D eigenvalue weighted by Crippen LogP contribution is -2.27. The van der Waals surface area contributed by atoms with Crippen molar-refractivity contribution in [3.63, 3.8) is 0 Å². The monoisotopic (exact) mass is 407 g/mol. The molecule has 0 atom stereocenters. The van der Waals surface area contributed by atoms with Crippen LogP contribution in [0.1, 0.15) is 16.7 Å². The molecule has 0 bridgehead atoms. The van der Waals surface area contributed by atoms with Crippen molar-refractivity contribution >= 4 is 52.2 Å². The third-order valence-electron chi connectivity index (χ3n) is 3.82. The Morgan fingerprint density at radius 1 is 1.15 bits per heavy atom. The van der Waals surface area contributed by atoms with Gasteiger partial charge in [0.25, 0.3) is 11.1 Å². The summed E-state index contributed by atoms with van der Waals surface area (Å²) in [5.41, 5.74) is 2.61. The standard InChI is InChI=1S/C19H15Cl2NO3S/c1-11-4-3-5-12(6-11)10-22-18(23)16(26-19(22)24)9-13-7-14(20)17(25-2)15(21)8-13/h3-9H,10H2,1-2H3/b16-9-. The van der Waals surface area contributed by atoms with E-state index < -0.39 is 0 Å². The van der Waals surface area contributed by atoms with E-state index in [4.69, 9.17) is 27.9 Å². The van der Waals surface area contributed by atoms with Gasteiger partial charge in [0.05, 0.1) is 28.6 Å². The Morgan fingerprint density at radius 3 is 2.46 bits per heavy atom. The molecule has 26 heavy (non-hydrogen) atoms. The van der Waals surface area contributed by atoms with Gasteiger partial charge >= 0.3 is 0 Å². The molecule has 2 aromatic carbocycles. The summed E-state index contributed by atoms with van der Waals surface area (Å²) >= 11 is 13.2. The number of methoxy groups -OCH3 is 1. The zero-order valence-electron chi connectivity index (χ0n) is 14.1. The van der Waals surface area contributed by atoms with Gasteiger partial charge in [-0.05, 0) is 48.0 Å². The number of carbonyl (C=O) groups is 2. The summed E-state index contributed by atoms with van der Waals surface area (Å²) in [4.78, 5) is 26.5. The highest BCUT2D eigenvalue weighted by Crippen LogP contribution is 2.37. The topological polar surface area (TPSA) is 46.6 Å². The van der Waals surface area contributed by atoms with Gasteiger partial charge in [-0.25, -0.2) is 0 Å². The van der Waals surface area contributed by atoms with Gasteiger partial charge in [-0.1, -0.05) is 53.0 Å². The Bertz CT molecular complexity index is 904. The summed E-state index contributed by atoms with van der Waals surface area (Å²) < 4.78 is 5.11. The molecule has 1 saturated heterocycles. The maximum atomic E-state index is 12.6. The predicted molar refractivity (Wildman–Crippen MR) is 106 cm³/mol. The van der Waals surface area contributed by atoms with Gasteiger partial charge in [0, 0.05) is 0 Å². The number of halogens is 2. The number of imide groups is 1. The number of amides is 2. The van der Waals surface area contributed by atoms with Crippen LogP contribution in [0.2, 0.25) is 10.0 Å². The summed E-state index contributed by atoms with van der Waals surface area (Å²) in [7, 11) is 1.48. The minimum atomic E-state index is -0.329. The summed E-state index contributed by atoms with van der Waals surface area (Å²) in [5.74, 6) is 0.0441. The van der Waals surface area contributed by atoms with Crippen LogP contribution in [0.25, 0.3) is 6.08 Å². The van der Waals surface area contributed by atoms with Crippen LogP contribution in [-0.2, 0) is 11.3 Å². The highest BCUT2D eigenvalue weighted by molar-refractivity contribution is 8.18. The average molecular weight is 408 g/mol. The molecular formula is C19H15Cl2NO3S. The smallest absolute Gasteiger partial charge is 0.293 e. The van der Waals surface area contributed by atoms with Crippen LogP contribution in [0.15, 0.2) is 41.3 Å². The van der Waals surface area contributed by atoms with Crippen LogP contribution in [-0.4, -0.2) is 23.2 Å². The van der Waals surface area contributed by atoms with Crippen molar-refractivity contribution in [2.24, 2.45) is 0 Å². The normalized spacial score (nSPS) is 15.8. The zero-order chi connectivity index (χ0) is 18.8. The van der Waals surface area contributed by atoms with E-state index in [0.29, 0.717) is 26.3 Å². The number of hydrogen-bond acceptors (Lipinski definition) is 4. The molecule has 4 nitrogen and oxygen atoms in total. The molecule has 0 N–H and O–H groups in total. The SMILES string of the molecule is COc1c(Cl)cc(/C=C2\SC(=O)N(Cc3cccc(C)c3)C2=O)cc1Cl. The van der Waals surface area contributed by atoms with E-state index in [9.17, 15) is 9.59 Å². The highest BCUT2D eigenvalue weighted by atomic mass is 35.5. The van der Waals surface area contributed by atoms with Crippen LogP contribution < -0.4 is 4.74 Å². The van der Waals surface area contributed by atoms with Gasteiger partial charge in [0.2, 0.25) is 0 Å². The molecule has 134 valence electrons. The number of ether oxygens (including phenoxy) is 1. The Labute approximate surface area is 165 Å². The van der Waals surface area contributed by atoms with Crippen LogP contribution in [0.5, 0.6) is 5.75 Å². The first-order valence-corrected chi connectivity index (χ1v) is 9.30. The lowest BCUT2D eigenvalue weighted by atomic mass is 10.1. The third kappa shape index (κ3) is 3.90. The zero-order valence-corrected chi connectivity index (χ0v) is 16.4. The number of nitrogens with zero attached hydrogens (tertiary/aromatic N) is 1. The van der Waals surface area contributed by atoms with Crippen LogP contribution in [0.3, 0.4) is 0 Å². The molecule has 2 aromatic rings. The van der Waals surface area contributed by atoms with Gasteiger partial charge in [-0.2, -0.15) is 0 Å². The van der Waals surface area contributed by atoms with Crippen molar-refractivity contribution in [2.45, 2.75) is 13.5 Å². The maximum Gasteiger partial charge on any atom is 0.293 e. The second-order valence-electron chi connectivity index (χ2n) is 5.77. The summed E-state index contributed by atoms with van der Waals surface area (Å²) in [6.07, 6.45) is 1.61. The molecule has 0 aromatic heterocycles. The molecule has 2 amide bonds. The average Bonchev–Trinajstić information content (AvgIpc) is 2.82. The lowest BCUT2D eigenvalue weighted by molar-refractivity contribution is -0.123. The van der Waals surface area contributed by atoms with E-state index in [-0.39, 0.29) is 17.7 Å². The number of benzene rings is 2. The largest absolute Gasteiger partial charge is 0.494 e. The molecule has 0 unspecified atom stereocenters. The minimum absolute atomic E-state index is 0.244. The van der Waals surface area contributed by atoms with Gasteiger partial charge in [0.1, 0.15) is 0 Å². The molecular weight excluding hydrogens is 393 g/mol. The van der Waals surface area contributed by atoms with Crippen LogP contribution in [0, 0.1) is 6.92 Å². The van der Waals surface area contributed by atoms with Crippen molar-refractivity contribution in [2.75, 3.05) is 7.11 Å². The first kappa shape index (κ1) is 18.8. The van der Waals surface area contributed by atoms with E-state index in [0.717, 1.165) is 22.9 Å². The Kier molecular flexibility index (Phi) is 5.61. The summed E-state index contributed by atoms with van der Waals surface area (Å²) in [6.45, 7) is 2.21. The van der Waals surface area contributed by atoms with E-state index in [2.05, 4.69) is 0 Å². The number of aryl methyl sites for hydroxylation is 1. The summed E-state index contributed by atoms with van der Waals surface area (Å²) in [6, 6.07) is 11.0. The van der Waals surface area contributed by atoms with Gasteiger partial charge < -0.3 is 4.74 Å². The molecule has 3 rings (SSSR count). The predicted octanol–water partition coefficient (Wildman–Crippen LogP) is 5.55. The molecule has 1 heterocycles. The van der Waals surface area contributed by atoms with Crippen molar-refractivity contribution in [3.05, 3.63) is 68.0 Å². The fourth-order valence-corrected chi connectivity index (χ4v) is 4.14. The Morgan fingerprint density at radius 2 is 1.85 bits per heavy atom. The Hall–Kier alpha value is -1.95. The van der Waals surface area contributed by atoms with E-state index in [1.54, 1.807) is 18.2 Å². The quantitative estimate of drug-likeness (QED) is 0.623. The maximum absolute atomic E-state index is 12.6. The van der Waals surface area contributed by atoms with Gasteiger partial charge in [-0.3, -0.25) is 14.5 Å². The van der Waals surface area contributed by atoms with Gasteiger partial charge in [0.15, 0.2) is 5.75 Å². The Balaban J connectivity index is 1.85. The second-order valence-corrected chi connectivity index (χ2v) is 7.58. The van der Waals surface area contributed by atoms with Crippen molar-refractivity contribution in [1.82, 2.24) is 4.90 Å². The first-order valence-electron chi connectivity index (χ1n) is 7.73. The molecule has 0 saturated carbocycles. The van der Waals surface area contributed by atoms with Crippen molar-refractivity contribution < 1.29 is 14.3 Å². The highest BCUT2D eigenvalue weighted by Gasteiger charge is 2.35. The lowest BCUT2D eigenvalue weighted by Gasteiger charge is -2.12. The minimum Gasteiger partial charge on any atom is -0.494 e. The fraction of sp³-hybridized carbons (Fsp3) is 0.158.